The molecule has 0 atom stereocenters. The van der Waals surface area contributed by atoms with Gasteiger partial charge in [0.25, 0.3) is 0 Å². The zero-order chi connectivity index (χ0) is 15.8. The van der Waals surface area contributed by atoms with E-state index in [1.54, 1.807) is 0 Å². The third-order valence-corrected chi connectivity index (χ3v) is 3.04. The zero-order valence-corrected chi connectivity index (χ0v) is 12.9. The van der Waals surface area contributed by atoms with E-state index in [-0.39, 0.29) is 30.4 Å². The second kappa shape index (κ2) is 9.86. The smallest absolute Gasteiger partial charge is 0.343 e. The minimum Gasteiger partial charge on any atom is -0.507 e. The number of carbonyl (C=O) groups excluding carboxylic acids is 1. The summed E-state index contributed by atoms with van der Waals surface area (Å²) in [5.74, 6) is -2.67. The number of hydrogen-bond acceptors (Lipinski definition) is 5. The van der Waals surface area contributed by atoms with Crippen LogP contribution in [0, 0.1) is 0 Å². The third kappa shape index (κ3) is 5.79. The Morgan fingerprint density at radius 2 is 1.82 bits per heavy atom. The molecule has 1 aromatic rings. The first-order valence-corrected chi connectivity index (χ1v) is 6.71. The number of hydrogen-bond donors (Lipinski definition) is 5. The average Bonchev–Trinajstić information content (AvgIpc) is 2.42. The van der Waals surface area contributed by atoms with Crippen molar-refractivity contribution in [2.45, 2.75) is 32.2 Å². The van der Waals surface area contributed by atoms with Crippen molar-refractivity contribution in [2.75, 3.05) is 6.54 Å². The maximum Gasteiger partial charge on any atom is 0.343 e. The molecule has 0 aliphatic heterocycles. The van der Waals surface area contributed by atoms with Crippen LogP contribution in [0.5, 0.6) is 11.5 Å². The molecule has 1 amide bonds. The highest BCUT2D eigenvalue weighted by Crippen LogP contribution is 2.30. The highest BCUT2D eigenvalue weighted by molar-refractivity contribution is 5.94. The number of phenols is 2. The summed E-state index contributed by atoms with van der Waals surface area (Å²) >= 11 is 0. The first kappa shape index (κ1) is 20.0. The molecule has 0 saturated heterocycles. The number of carbonyl (C=O) groups is 2. The molecule has 124 valence electrons. The summed E-state index contributed by atoms with van der Waals surface area (Å²) in [6, 6.07) is 2.54. The molecule has 0 fully saturated rings. The van der Waals surface area contributed by atoms with E-state index in [2.05, 4.69) is 5.32 Å². The van der Waals surface area contributed by atoms with Crippen LogP contribution in [0.15, 0.2) is 12.1 Å². The van der Waals surface area contributed by atoms with Crippen LogP contribution in [0.25, 0.3) is 0 Å². The van der Waals surface area contributed by atoms with Crippen molar-refractivity contribution < 1.29 is 24.9 Å². The van der Waals surface area contributed by atoms with Crippen molar-refractivity contribution in [2.24, 2.45) is 5.73 Å². The molecule has 6 N–H and O–H groups in total. The summed E-state index contributed by atoms with van der Waals surface area (Å²) in [7, 11) is 0. The lowest BCUT2D eigenvalue weighted by Crippen LogP contribution is -2.22. The van der Waals surface area contributed by atoms with Crippen molar-refractivity contribution in [3.05, 3.63) is 23.3 Å². The summed E-state index contributed by atoms with van der Waals surface area (Å²) in [6.45, 7) is 0.600. The fraction of sp³-hybridized carbons (Fsp3) is 0.429. The van der Waals surface area contributed by atoms with Crippen molar-refractivity contribution in [1.82, 2.24) is 5.32 Å². The predicted octanol–water partition coefficient (Wildman–Crippen LogP) is 1.35. The highest BCUT2D eigenvalue weighted by atomic mass is 35.5. The van der Waals surface area contributed by atoms with E-state index in [0.29, 0.717) is 13.0 Å². The number of carboxylic acid groups (broad SMARTS) is 1. The summed E-state index contributed by atoms with van der Waals surface area (Å²) in [5, 5.41) is 30.7. The minimum absolute atomic E-state index is 0. The van der Waals surface area contributed by atoms with Gasteiger partial charge in [-0.25, -0.2) is 4.79 Å². The summed E-state index contributed by atoms with van der Waals surface area (Å²) in [4.78, 5) is 22.5. The number of nitrogens with two attached hydrogens (primary N) is 1. The molecule has 8 heteroatoms. The molecule has 0 radical (unpaired) electrons. The number of aromatic hydroxyl groups is 2. The lowest BCUT2D eigenvalue weighted by Gasteiger charge is -2.10. The lowest BCUT2D eigenvalue weighted by molar-refractivity contribution is -0.121. The second-order valence-electron chi connectivity index (χ2n) is 4.65. The van der Waals surface area contributed by atoms with Gasteiger partial charge in [-0.15, -0.1) is 12.4 Å². The van der Waals surface area contributed by atoms with E-state index in [9.17, 15) is 19.8 Å². The SMILES string of the molecule is Cl.NCCCCCC(=O)NCc1ccc(O)c(C(=O)O)c1O. The van der Waals surface area contributed by atoms with Crippen molar-refractivity contribution in [1.29, 1.82) is 0 Å². The number of halogens is 1. The monoisotopic (exact) mass is 332 g/mol. The number of aromatic carboxylic acids is 1. The molecule has 1 rings (SSSR count). The Bertz CT molecular complexity index is 522. The summed E-state index contributed by atoms with van der Waals surface area (Å²) < 4.78 is 0. The van der Waals surface area contributed by atoms with Crippen LogP contribution in [0.1, 0.15) is 41.6 Å². The zero-order valence-electron chi connectivity index (χ0n) is 12.0. The van der Waals surface area contributed by atoms with E-state index in [0.717, 1.165) is 19.3 Å². The molecule has 0 aliphatic rings. The molecule has 0 aliphatic carbocycles. The van der Waals surface area contributed by atoms with Gasteiger partial charge in [-0.1, -0.05) is 6.42 Å². The van der Waals surface area contributed by atoms with Gasteiger partial charge in [-0.2, -0.15) is 0 Å². The van der Waals surface area contributed by atoms with Gasteiger partial charge in [-0.3, -0.25) is 4.79 Å². The molecule has 7 nitrogen and oxygen atoms in total. The van der Waals surface area contributed by atoms with Gasteiger partial charge >= 0.3 is 5.97 Å². The average molecular weight is 333 g/mol. The normalized spacial score (nSPS) is 9.86. The van der Waals surface area contributed by atoms with Crippen LogP contribution < -0.4 is 11.1 Å². The molecule has 0 unspecified atom stereocenters. The predicted molar refractivity (Wildman–Crippen MR) is 83.3 cm³/mol. The van der Waals surface area contributed by atoms with Crippen LogP contribution in [0.4, 0.5) is 0 Å². The number of carboxylic acids is 1. The lowest BCUT2D eigenvalue weighted by atomic mass is 10.1. The van der Waals surface area contributed by atoms with Crippen LogP contribution >= 0.6 is 12.4 Å². The Morgan fingerprint density at radius 1 is 1.14 bits per heavy atom. The largest absolute Gasteiger partial charge is 0.507 e. The topological polar surface area (TPSA) is 133 Å². The first-order valence-electron chi connectivity index (χ1n) is 6.71. The quantitative estimate of drug-likeness (QED) is 0.456. The molecule has 1 aromatic carbocycles. The Labute approximate surface area is 134 Å². The summed E-state index contributed by atoms with van der Waals surface area (Å²) in [6.07, 6.45) is 2.82. The van der Waals surface area contributed by atoms with Crippen LogP contribution in [-0.2, 0) is 11.3 Å². The molecule has 0 spiro atoms. The molecule has 0 heterocycles. The van der Waals surface area contributed by atoms with Gasteiger partial charge in [0.2, 0.25) is 5.91 Å². The van der Waals surface area contributed by atoms with Crippen LogP contribution in [0.3, 0.4) is 0 Å². The number of amides is 1. The Kier molecular flexibility index (Phi) is 8.97. The molecule has 0 bridgehead atoms. The fourth-order valence-electron chi connectivity index (χ4n) is 1.87. The van der Waals surface area contributed by atoms with Crippen molar-refractivity contribution in [3.8, 4) is 11.5 Å². The van der Waals surface area contributed by atoms with E-state index in [1.807, 2.05) is 0 Å². The second-order valence-corrected chi connectivity index (χ2v) is 4.65. The van der Waals surface area contributed by atoms with E-state index in [4.69, 9.17) is 10.8 Å². The van der Waals surface area contributed by atoms with Crippen LogP contribution in [0.2, 0.25) is 0 Å². The van der Waals surface area contributed by atoms with Gasteiger partial charge < -0.3 is 26.4 Å². The fourth-order valence-corrected chi connectivity index (χ4v) is 1.87. The van der Waals surface area contributed by atoms with E-state index in [1.165, 1.54) is 12.1 Å². The van der Waals surface area contributed by atoms with E-state index >= 15 is 0 Å². The van der Waals surface area contributed by atoms with Crippen molar-refractivity contribution >= 4 is 24.3 Å². The standard InChI is InChI=1S/C14H20N2O5.ClH/c15-7-3-1-2-4-11(18)16-8-9-5-6-10(17)12(13(9)19)14(20)21;/h5-6,17,19H,1-4,7-8,15H2,(H,16,18)(H,20,21);1H. The number of rotatable bonds is 8. The number of unbranched alkanes of at least 4 members (excludes halogenated alkanes) is 2. The van der Waals surface area contributed by atoms with Gasteiger partial charge in [0.05, 0.1) is 0 Å². The Morgan fingerprint density at radius 3 is 2.41 bits per heavy atom. The Hall–Kier alpha value is -1.99. The highest BCUT2D eigenvalue weighted by Gasteiger charge is 2.18. The number of nitrogens with one attached hydrogen (secondary N) is 1. The molecule has 0 aromatic heterocycles. The van der Waals surface area contributed by atoms with Gasteiger partial charge in [0.15, 0.2) is 0 Å². The van der Waals surface area contributed by atoms with Gasteiger partial charge in [0, 0.05) is 18.5 Å². The third-order valence-electron chi connectivity index (χ3n) is 3.04. The van der Waals surface area contributed by atoms with Crippen molar-refractivity contribution in [3.63, 3.8) is 0 Å². The maximum atomic E-state index is 11.6. The maximum absolute atomic E-state index is 11.6. The molecule has 22 heavy (non-hydrogen) atoms. The van der Waals surface area contributed by atoms with Gasteiger partial charge in [0.1, 0.15) is 17.1 Å². The molecule has 0 saturated carbocycles. The molecular weight excluding hydrogens is 312 g/mol. The molecular formula is C14H21ClN2O5. The number of benzene rings is 1. The van der Waals surface area contributed by atoms with Crippen LogP contribution in [-0.4, -0.2) is 33.7 Å². The summed E-state index contributed by atoms with van der Waals surface area (Å²) in [5.41, 5.74) is 5.02. The van der Waals surface area contributed by atoms with Gasteiger partial charge in [-0.05, 0) is 31.5 Å². The Balaban J connectivity index is 0.00000441. The minimum atomic E-state index is -1.43. The first-order chi connectivity index (χ1) is 9.97. The van der Waals surface area contributed by atoms with E-state index < -0.39 is 23.0 Å².